The summed E-state index contributed by atoms with van der Waals surface area (Å²) in [7, 11) is 4.33. The molecular formula is C14H26N4. The van der Waals surface area contributed by atoms with Crippen molar-refractivity contribution in [3.63, 3.8) is 0 Å². The Hall–Kier alpha value is -0.840. The van der Waals surface area contributed by atoms with Crippen LogP contribution >= 0.6 is 0 Å². The summed E-state index contributed by atoms with van der Waals surface area (Å²) >= 11 is 0. The molecule has 1 aromatic heterocycles. The average molecular weight is 250 g/mol. The van der Waals surface area contributed by atoms with Gasteiger partial charge in [-0.1, -0.05) is 6.92 Å². The molecule has 2 heterocycles. The molecule has 0 spiro atoms. The lowest BCUT2D eigenvalue weighted by atomic mass is 9.97. The fourth-order valence-electron chi connectivity index (χ4n) is 3.02. The topological polar surface area (TPSA) is 34.3 Å². The summed E-state index contributed by atoms with van der Waals surface area (Å²) in [5.74, 6) is 0.622. The van der Waals surface area contributed by atoms with Gasteiger partial charge in [-0.3, -0.25) is 0 Å². The lowest BCUT2D eigenvalue weighted by Crippen LogP contribution is -2.46. The van der Waals surface area contributed by atoms with Crippen molar-refractivity contribution in [2.24, 2.45) is 5.92 Å². The Morgan fingerprint density at radius 3 is 2.61 bits per heavy atom. The molecule has 0 radical (unpaired) electrons. The molecule has 18 heavy (non-hydrogen) atoms. The van der Waals surface area contributed by atoms with E-state index in [0.717, 1.165) is 13.1 Å². The predicted molar refractivity (Wildman–Crippen MR) is 75.7 cm³/mol. The van der Waals surface area contributed by atoms with E-state index in [1.54, 1.807) is 0 Å². The smallest absolute Gasteiger partial charge is 0.0531 e. The van der Waals surface area contributed by atoms with E-state index in [0.29, 0.717) is 12.0 Å². The van der Waals surface area contributed by atoms with E-state index in [9.17, 15) is 0 Å². The number of aromatic nitrogens is 1. The number of nitrogens with zero attached hydrogens (tertiary/aromatic N) is 2. The molecule has 1 aliphatic rings. The largest absolute Gasteiger partial charge is 0.364 e. The van der Waals surface area contributed by atoms with Crippen molar-refractivity contribution in [1.82, 2.24) is 20.1 Å². The first kappa shape index (κ1) is 13.6. The molecule has 1 saturated heterocycles. The van der Waals surface area contributed by atoms with Gasteiger partial charge in [0.2, 0.25) is 0 Å². The zero-order chi connectivity index (χ0) is 13.0. The minimum atomic E-state index is 0.467. The van der Waals surface area contributed by atoms with Crippen LogP contribution in [0.25, 0.3) is 0 Å². The lowest BCUT2D eigenvalue weighted by molar-refractivity contribution is 0.146. The number of rotatable bonds is 5. The highest BCUT2D eigenvalue weighted by Gasteiger charge is 2.24. The number of piperazine rings is 1. The summed E-state index contributed by atoms with van der Waals surface area (Å²) in [5.41, 5.74) is 1.32. The van der Waals surface area contributed by atoms with Crippen LogP contribution in [-0.4, -0.2) is 61.6 Å². The third-order valence-electron chi connectivity index (χ3n) is 3.79. The molecule has 2 N–H and O–H groups in total. The van der Waals surface area contributed by atoms with Crippen LogP contribution in [0.4, 0.5) is 0 Å². The molecule has 4 heteroatoms. The number of H-pyrrole nitrogens is 1. The van der Waals surface area contributed by atoms with Gasteiger partial charge < -0.3 is 20.1 Å². The lowest BCUT2D eigenvalue weighted by Gasteiger charge is -2.35. The van der Waals surface area contributed by atoms with Gasteiger partial charge in [-0.2, -0.15) is 0 Å². The Morgan fingerprint density at radius 2 is 2.06 bits per heavy atom. The number of hydrogen-bond acceptors (Lipinski definition) is 3. The highest BCUT2D eigenvalue weighted by Crippen LogP contribution is 2.26. The molecule has 1 fully saturated rings. The average Bonchev–Trinajstić information content (AvgIpc) is 2.83. The molecule has 0 aliphatic carbocycles. The Balaban J connectivity index is 1.97. The van der Waals surface area contributed by atoms with Gasteiger partial charge in [-0.15, -0.1) is 0 Å². The molecule has 4 nitrogen and oxygen atoms in total. The van der Waals surface area contributed by atoms with Crippen molar-refractivity contribution in [1.29, 1.82) is 0 Å². The summed E-state index contributed by atoms with van der Waals surface area (Å²) in [6, 6.07) is 4.75. The third kappa shape index (κ3) is 3.34. The van der Waals surface area contributed by atoms with E-state index in [4.69, 9.17) is 0 Å². The Kier molecular flexibility index (Phi) is 4.80. The molecule has 2 atom stereocenters. The van der Waals surface area contributed by atoms with Crippen molar-refractivity contribution in [2.45, 2.75) is 13.0 Å². The standard InChI is InChI=1S/C14H26N4/c1-12(11-18-9-7-15-8-10-18)14(17(2)3)13-5-4-6-16-13/h4-6,12,14-16H,7-11H2,1-3H3. The maximum Gasteiger partial charge on any atom is 0.0531 e. The van der Waals surface area contributed by atoms with E-state index in [-0.39, 0.29) is 0 Å². The maximum atomic E-state index is 3.41. The molecular weight excluding hydrogens is 224 g/mol. The molecule has 2 unspecified atom stereocenters. The molecule has 0 aromatic carbocycles. The second-order valence-corrected chi connectivity index (χ2v) is 5.56. The Labute approximate surface area is 110 Å². The van der Waals surface area contributed by atoms with Crippen LogP contribution in [0.2, 0.25) is 0 Å². The number of hydrogen-bond donors (Lipinski definition) is 2. The van der Waals surface area contributed by atoms with Crippen LogP contribution in [0.15, 0.2) is 18.3 Å². The minimum Gasteiger partial charge on any atom is -0.364 e. The molecule has 0 saturated carbocycles. The van der Waals surface area contributed by atoms with Crippen molar-refractivity contribution in [3.05, 3.63) is 24.0 Å². The minimum absolute atomic E-state index is 0.467. The zero-order valence-corrected chi connectivity index (χ0v) is 11.8. The summed E-state index contributed by atoms with van der Waals surface area (Å²) in [6.07, 6.45) is 2.02. The van der Waals surface area contributed by atoms with E-state index in [2.05, 4.69) is 53.3 Å². The molecule has 2 rings (SSSR count). The van der Waals surface area contributed by atoms with E-state index < -0.39 is 0 Å². The van der Waals surface area contributed by atoms with Gasteiger partial charge in [0.05, 0.1) is 6.04 Å². The normalized spacial score (nSPS) is 21.1. The van der Waals surface area contributed by atoms with Crippen molar-refractivity contribution >= 4 is 0 Å². The fraction of sp³-hybridized carbons (Fsp3) is 0.714. The van der Waals surface area contributed by atoms with Crippen LogP contribution in [0.1, 0.15) is 18.7 Å². The van der Waals surface area contributed by atoms with Crippen LogP contribution < -0.4 is 5.32 Å². The summed E-state index contributed by atoms with van der Waals surface area (Å²) in [4.78, 5) is 8.25. The Morgan fingerprint density at radius 1 is 1.33 bits per heavy atom. The number of nitrogens with one attached hydrogen (secondary N) is 2. The summed E-state index contributed by atoms with van der Waals surface area (Å²) < 4.78 is 0. The molecule has 1 aliphatic heterocycles. The van der Waals surface area contributed by atoms with E-state index in [1.165, 1.54) is 25.3 Å². The van der Waals surface area contributed by atoms with Crippen molar-refractivity contribution in [3.8, 4) is 0 Å². The van der Waals surface area contributed by atoms with E-state index in [1.807, 2.05) is 6.20 Å². The first-order chi connectivity index (χ1) is 8.68. The molecule has 0 bridgehead atoms. The van der Waals surface area contributed by atoms with E-state index >= 15 is 0 Å². The Bertz CT molecular complexity index is 328. The van der Waals surface area contributed by atoms with Gasteiger partial charge >= 0.3 is 0 Å². The fourth-order valence-corrected chi connectivity index (χ4v) is 3.02. The van der Waals surface area contributed by atoms with Gasteiger partial charge in [0.15, 0.2) is 0 Å². The first-order valence-corrected chi connectivity index (χ1v) is 6.91. The highest BCUT2D eigenvalue weighted by molar-refractivity contribution is 5.10. The van der Waals surface area contributed by atoms with Gasteiger partial charge in [-0.25, -0.2) is 0 Å². The molecule has 1 aromatic rings. The van der Waals surface area contributed by atoms with Crippen molar-refractivity contribution in [2.75, 3.05) is 46.8 Å². The maximum absolute atomic E-state index is 3.41. The van der Waals surface area contributed by atoms with Crippen LogP contribution in [0, 0.1) is 5.92 Å². The van der Waals surface area contributed by atoms with Crippen LogP contribution in [-0.2, 0) is 0 Å². The second-order valence-electron chi connectivity index (χ2n) is 5.56. The SMILES string of the molecule is CC(CN1CCNCC1)C(c1ccc[nH]1)N(C)C. The first-order valence-electron chi connectivity index (χ1n) is 6.91. The van der Waals surface area contributed by atoms with Gasteiger partial charge in [0, 0.05) is 44.6 Å². The molecule has 102 valence electrons. The highest BCUT2D eigenvalue weighted by atomic mass is 15.2. The van der Waals surface area contributed by atoms with Gasteiger partial charge in [0.25, 0.3) is 0 Å². The van der Waals surface area contributed by atoms with Gasteiger partial charge in [0.1, 0.15) is 0 Å². The summed E-state index contributed by atoms with van der Waals surface area (Å²) in [6.45, 7) is 8.13. The van der Waals surface area contributed by atoms with Gasteiger partial charge in [-0.05, 0) is 32.1 Å². The quantitative estimate of drug-likeness (QED) is 0.823. The zero-order valence-electron chi connectivity index (χ0n) is 11.8. The molecule has 0 amide bonds. The van der Waals surface area contributed by atoms with Crippen LogP contribution in [0.3, 0.4) is 0 Å². The predicted octanol–water partition coefficient (Wildman–Crippen LogP) is 1.16. The monoisotopic (exact) mass is 250 g/mol. The van der Waals surface area contributed by atoms with Crippen LogP contribution in [0.5, 0.6) is 0 Å². The van der Waals surface area contributed by atoms with Crippen molar-refractivity contribution < 1.29 is 0 Å². The summed E-state index contributed by atoms with van der Waals surface area (Å²) in [5, 5.41) is 3.41. The second kappa shape index (κ2) is 6.36. The third-order valence-corrected chi connectivity index (χ3v) is 3.79. The number of aromatic amines is 1.